The number of carboxylic acid groups (broad SMARTS) is 1. The molecule has 2 N–H and O–H groups in total. The van der Waals surface area contributed by atoms with Gasteiger partial charge in [-0.3, -0.25) is 9.59 Å². The van der Waals surface area contributed by atoms with Gasteiger partial charge in [-0.05, 0) is 24.0 Å². The Morgan fingerprint density at radius 1 is 1.45 bits per heavy atom. The number of ether oxygens (including phenoxy) is 1. The van der Waals surface area contributed by atoms with Crippen LogP contribution in [0.4, 0.5) is 4.39 Å². The molecule has 1 aliphatic rings. The molecule has 120 valence electrons. The van der Waals surface area contributed by atoms with Crippen LogP contribution in [-0.4, -0.2) is 35.7 Å². The summed E-state index contributed by atoms with van der Waals surface area (Å²) in [5, 5.41) is 11.8. The highest BCUT2D eigenvalue weighted by molar-refractivity contribution is 5.79. The maximum atomic E-state index is 13.7. The third-order valence-corrected chi connectivity index (χ3v) is 3.93. The first-order chi connectivity index (χ1) is 10.4. The first kappa shape index (κ1) is 16.4. The van der Waals surface area contributed by atoms with Crippen molar-refractivity contribution >= 4 is 11.9 Å². The molecule has 22 heavy (non-hydrogen) atoms. The van der Waals surface area contributed by atoms with Crippen LogP contribution in [0, 0.1) is 5.82 Å². The molecule has 0 spiro atoms. The van der Waals surface area contributed by atoms with Crippen molar-refractivity contribution in [2.75, 3.05) is 13.2 Å². The predicted molar refractivity (Wildman–Crippen MR) is 78.0 cm³/mol. The molecule has 6 heteroatoms. The summed E-state index contributed by atoms with van der Waals surface area (Å²) in [6.07, 6.45) is 0.397. The molecule has 0 bridgehead atoms. The zero-order valence-corrected chi connectivity index (χ0v) is 12.5. The third-order valence-electron chi connectivity index (χ3n) is 3.93. The van der Waals surface area contributed by atoms with Gasteiger partial charge >= 0.3 is 5.97 Å². The van der Waals surface area contributed by atoms with E-state index in [9.17, 15) is 14.0 Å². The van der Waals surface area contributed by atoms with Crippen LogP contribution in [0.5, 0.6) is 0 Å². The summed E-state index contributed by atoms with van der Waals surface area (Å²) >= 11 is 0. The lowest BCUT2D eigenvalue weighted by Crippen LogP contribution is -2.50. The second kappa shape index (κ2) is 6.87. The summed E-state index contributed by atoms with van der Waals surface area (Å²) in [4.78, 5) is 23.2. The van der Waals surface area contributed by atoms with Gasteiger partial charge in [0.15, 0.2) is 0 Å². The molecular formula is C16H20FNO4. The average molecular weight is 309 g/mol. The van der Waals surface area contributed by atoms with E-state index in [1.54, 1.807) is 25.1 Å². The maximum absolute atomic E-state index is 13.7. The minimum atomic E-state index is -0.979. The van der Waals surface area contributed by atoms with Crippen molar-refractivity contribution in [1.29, 1.82) is 0 Å². The molecule has 5 nitrogen and oxygen atoms in total. The van der Waals surface area contributed by atoms with Crippen LogP contribution in [0.3, 0.4) is 0 Å². The van der Waals surface area contributed by atoms with Crippen LogP contribution < -0.4 is 5.32 Å². The van der Waals surface area contributed by atoms with Gasteiger partial charge in [-0.1, -0.05) is 25.1 Å². The standard InChI is InChI=1S/C16H20FNO4/c1-11(12-4-2-3-5-13(12)17)8-14(19)18-16(9-15(20)21)6-7-22-10-16/h2-5,11H,6-10H2,1H3,(H,18,19)(H,20,21). The van der Waals surface area contributed by atoms with Crippen LogP contribution >= 0.6 is 0 Å². The van der Waals surface area contributed by atoms with Crippen LogP contribution in [0.25, 0.3) is 0 Å². The Balaban J connectivity index is 1.99. The fourth-order valence-electron chi connectivity index (χ4n) is 2.79. The topological polar surface area (TPSA) is 75.6 Å². The van der Waals surface area contributed by atoms with E-state index in [0.29, 0.717) is 18.6 Å². The van der Waals surface area contributed by atoms with Gasteiger partial charge in [0, 0.05) is 13.0 Å². The smallest absolute Gasteiger partial charge is 0.305 e. The van der Waals surface area contributed by atoms with E-state index in [4.69, 9.17) is 9.84 Å². The molecular weight excluding hydrogens is 289 g/mol. The summed E-state index contributed by atoms with van der Waals surface area (Å²) in [6.45, 7) is 2.39. The number of rotatable bonds is 6. The monoisotopic (exact) mass is 309 g/mol. The van der Waals surface area contributed by atoms with E-state index in [1.165, 1.54) is 6.07 Å². The zero-order chi connectivity index (χ0) is 16.2. The number of halogens is 1. The lowest BCUT2D eigenvalue weighted by molar-refractivity contribution is -0.139. The largest absolute Gasteiger partial charge is 0.481 e. The highest BCUT2D eigenvalue weighted by atomic mass is 19.1. The summed E-state index contributed by atoms with van der Waals surface area (Å²) < 4.78 is 18.9. The van der Waals surface area contributed by atoms with Gasteiger partial charge in [-0.2, -0.15) is 0 Å². The van der Waals surface area contributed by atoms with Crippen molar-refractivity contribution in [3.05, 3.63) is 35.6 Å². The SMILES string of the molecule is CC(CC(=O)NC1(CC(=O)O)CCOC1)c1ccccc1F. The van der Waals surface area contributed by atoms with E-state index in [0.717, 1.165) is 0 Å². The molecule has 1 saturated heterocycles. The molecule has 0 radical (unpaired) electrons. The number of hydrogen-bond donors (Lipinski definition) is 2. The Kier molecular flexibility index (Phi) is 5.13. The van der Waals surface area contributed by atoms with E-state index < -0.39 is 11.5 Å². The van der Waals surface area contributed by atoms with Gasteiger partial charge in [0.05, 0.1) is 18.6 Å². The first-order valence-corrected chi connectivity index (χ1v) is 7.27. The minimum Gasteiger partial charge on any atom is -0.481 e. The first-order valence-electron chi connectivity index (χ1n) is 7.27. The van der Waals surface area contributed by atoms with Crippen molar-refractivity contribution in [3.8, 4) is 0 Å². The molecule has 0 saturated carbocycles. The van der Waals surface area contributed by atoms with E-state index in [1.807, 2.05) is 0 Å². The molecule has 2 atom stereocenters. The second-order valence-electron chi connectivity index (χ2n) is 5.83. The zero-order valence-electron chi connectivity index (χ0n) is 12.5. The van der Waals surface area contributed by atoms with Crippen molar-refractivity contribution in [2.24, 2.45) is 0 Å². The predicted octanol–water partition coefficient (Wildman–Crippen LogP) is 2.07. The van der Waals surface area contributed by atoms with Gasteiger partial charge in [0.1, 0.15) is 5.82 Å². The number of hydrogen-bond acceptors (Lipinski definition) is 3. The number of carbonyl (C=O) groups is 2. The Labute approximate surface area is 128 Å². The molecule has 0 aliphatic carbocycles. The molecule has 0 aromatic heterocycles. The molecule has 1 heterocycles. The number of carbonyl (C=O) groups excluding carboxylic acids is 1. The maximum Gasteiger partial charge on any atom is 0.305 e. The Hall–Kier alpha value is -1.95. The summed E-state index contributed by atoms with van der Waals surface area (Å²) in [6, 6.07) is 6.34. The minimum absolute atomic E-state index is 0.0995. The van der Waals surface area contributed by atoms with Crippen LogP contribution in [0.2, 0.25) is 0 Å². The van der Waals surface area contributed by atoms with Crippen molar-refractivity contribution < 1.29 is 23.8 Å². The van der Waals surface area contributed by atoms with Crippen molar-refractivity contribution in [3.63, 3.8) is 0 Å². The molecule has 1 amide bonds. The fraction of sp³-hybridized carbons (Fsp3) is 0.500. The Morgan fingerprint density at radius 2 is 2.18 bits per heavy atom. The molecule has 2 unspecified atom stereocenters. The van der Waals surface area contributed by atoms with Gasteiger partial charge in [-0.15, -0.1) is 0 Å². The van der Waals surface area contributed by atoms with Crippen molar-refractivity contribution in [1.82, 2.24) is 5.32 Å². The summed E-state index contributed by atoms with van der Waals surface area (Å²) in [5.41, 5.74) is -0.370. The number of carboxylic acids is 1. The van der Waals surface area contributed by atoms with E-state index in [-0.39, 0.29) is 37.1 Å². The number of benzene rings is 1. The van der Waals surface area contributed by atoms with Gasteiger partial charge < -0.3 is 15.2 Å². The highest BCUT2D eigenvalue weighted by Gasteiger charge is 2.38. The van der Waals surface area contributed by atoms with Gasteiger partial charge in [0.25, 0.3) is 0 Å². The third kappa shape index (κ3) is 4.04. The van der Waals surface area contributed by atoms with E-state index >= 15 is 0 Å². The normalized spacial score (nSPS) is 22.3. The molecule has 2 rings (SSSR count). The second-order valence-corrected chi connectivity index (χ2v) is 5.83. The van der Waals surface area contributed by atoms with Crippen LogP contribution in [0.15, 0.2) is 24.3 Å². The lowest BCUT2D eigenvalue weighted by atomic mass is 9.92. The lowest BCUT2D eigenvalue weighted by Gasteiger charge is -2.27. The Bertz CT molecular complexity index is 555. The summed E-state index contributed by atoms with van der Waals surface area (Å²) in [7, 11) is 0. The van der Waals surface area contributed by atoms with Crippen molar-refractivity contribution in [2.45, 2.75) is 37.6 Å². The quantitative estimate of drug-likeness (QED) is 0.843. The molecule has 1 aromatic rings. The van der Waals surface area contributed by atoms with Crippen LogP contribution in [-0.2, 0) is 14.3 Å². The van der Waals surface area contributed by atoms with E-state index in [2.05, 4.69) is 5.32 Å². The fourth-order valence-corrected chi connectivity index (χ4v) is 2.79. The molecule has 1 aliphatic heterocycles. The van der Waals surface area contributed by atoms with Crippen LogP contribution in [0.1, 0.15) is 37.7 Å². The van der Waals surface area contributed by atoms with Gasteiger partial charge in [-0.25, -0.2) is 4.39 Å². The number of nitrogens with one attached hydrogen (secondary N) is 1. The van der Waals surface area contributed by atoms with Gasteiger partial charge in [0.2, 0.25) is 5.91 Å². The average Bonchev–Trinajstić information content (AvgIpc) is 2.85. The number of amides is 1. The highest BCUT2D eigenvalue weighted by Crippen LogP contribution is 2.25. The Morgan fingerprint density at radius 3 is 2.77 bits per heavy atom. The summed E-state index contributed by atoms with van der Waals surface area (Å²) in [5.74, 6) is -1.90. The molecule has 1 aromatic carbocycles. The number of aliphatic carboxylic acids is 1. The molecule has 1 fully saturated rings.